The van der Waals surface area contributed by atoms with E-state index in [1.54, 1.807) is 24.3 Å². The van der Waals surface area contributed by atoms with Gasteiger partial charge >= 0.3 is 0 Å². The van der Waals surface area contributed by atoms with E-state index in [1.165, 1.54) is 64.5 Å². The lowest BCUT2D eigenvalue weighted by Crippen LogP contribution is -2.58. The fourth-order valence-corrected chi connectivity index (χ4v) is 6.12. The van der Waals surface area contributed by atoms with E-state index in [0.717, 1.165) is 6.54 Å². The van der Waals surface area contributed by atoms with Crippen LogP contribution in [0.5, 0.6) is 0 Å². The number of nitrogens with zero attached hydrogens (tertiary/aromatic N) is 2. The van der Waals surface area contributed by atoms with Crippen LogP contribution in [0.2, 0.25) is 0 Å². The zero-order valence-corrected chi connectivity index (χ0v) is 17.0. The van der Waals surface area contributed by atoms with E-state index in [9.17, 15) is 8.42 Å². The molecule has 0 radical (unpaired) electrons. The number of hydrogen-bond donors (Lipinski definition) is 0. The van der Waals surface area contributed by atoms with Crippen LogP contribution in [0.1, 0.15) is 51.4 Å². The van der Waals surface area contributed by atoms with Crippen molar-refractivity contribution in [2.45, 2.75) is 61.8 Å². The lowest BCUT2D eigenvalue weighted by Gasteiger charge is -2.50. The highest BCUT2D eigenvalue weighted by molar-refractivity contribution is 7.91. The van der Waals surface area contributed by atoms with E-state index in [1.807, 2.05) is 6.07 Å². The van der Waals surface area contributed by atoms with Gasteiger partial charge in [0.25, 0.3) is 0 Å². The van der Waals surface area contributed by atoms with Gasteiger partial charge in [-0.25, -0.2) is 8.42 Å². The van der Waals surface area contributed by atoms with E-state index in [0.29, 0.717) is 11.4 Å². The summed E-state index contributed by atoms with van der Waals surface area (Å²) in [5, 5.41) is 0. The standard InChI is InChI=1S/C21H34N2O2S/c1-22(17-18-26(24,25)20-11-5-2-6-12-20)19-21(13-7-3-8-14-21)23-15-9-4-10-16-23/h2,5-6,11-12H,3-4,7-10,13-19H2,1H3. The molecule has 3 rings (SSSR count). The first kappa shape index (κ1) is 19.8. The van der Waals surface area contributed by atoms with Crippen LogP contribution in [-0.2, 0) is 9.84 Å². The Kier molecular flexibility index (Phi) is 6.76. The molecule has 1 aliphatic heterocycles. The van der Waals surface area contributed by atoms with Gasteiger partial charge in [0, 0.05) is 18.6 Å². The SMILES string of the molecule is CN(CCS(=O)(=O)c1ccccc1)CC1(N2CCCCC2)CCCCC1. The van der Waals surface area contributed by atoms with Crippen LogP contribution < -0.4 is 0 Å². The van der Waals surface area contributed by atoms with Gasteiger partial charge in [0.15, 0.2) is 9.84 Å². The number of benzene rings is 1. The number of rotatable bonds is 7. The van der Waals surface area contributed by atoms with E-state index in [-0.39, 0.29) is 11.3 Å². The lowest BCUT2D eigenvalue weighted by molar-refractivity contribution is 0.0105. The third kappa shape index (κ3) is 4.87. The molecule has 1 aromatic rings. The molecule has 5 heteroatoms. The number of sulfone groups is 1. The van der Waals surface area contributed by atoms with Crippen molar-refractivity contribution in [1.82, 2.24) is 9.80 Å². The minimum absolute atomic E-state index is 0.198. The molecule has 0 atom stereocenters. The van der Waals surface area contributed by atoms with Crippen LogP contribution in [0, 0.1) is 0 Å². The molecular formula is C21H34N2O2S. The van der Waals surface area contributed by atoms with Gasteiger partial charge in [-0.2, -0.15) is 0 Å². The van der Waals surface area contributed by atoms with Crippen molar-refractivity contribution < 1.29 is 8.42 Å². The molecule has 1 saturated carbocycles. The van der Waals surface area contributed by atoms with E-state index in [4.69, 9.17) is 0 Å². The molecule has 146 valence electrons. The largest absolute Gasteiger partial charge is 0.304 e. The Labute approximate surface area is 159 Å². The van der Waals surface area contributed by atoms with Crippen molar-refractivity contribution in [2.24, 2.45) is 0 Å². The van der Waals surface area contributed by atoms with E-state index >= 15 is 0 Å². The summed E-state index contributed by atoms with van der Waals surface area (Å²) in [6.07, 6.45) is 10.5. The highest BCUT2D eigenvalue weighted by Gasteiger charge is 2.39. The molecule has 1 saturated heterocycles. The average Bonchev–Trinajstić information content (AvgIpc) is 2.69. The summed E-state index contributed by atoms with van der Waals surface area (Å²) in [6, 6.07) is 8.85. The first-order chi connectivity index (χ1) is 12.5. The Hall–Kier alpha value is -0.910. The monoisotopic (exact) mass is 378 g/mol. The summed E-state index contributed by atoms with van der Waals surface area (Å²) in [6.45, 7) is 4.04. The van der Waals surface area contributed by atoms with Gasteiger partial charge in [-0.1, -0.05) is 43.9 Å². The number of hydrogen-bond acceptors (Lipinski definition) is 4. The summed E-state index contributed by atoms with van der Waals surface area (Å²) in [5.41, 5.74) is 0.268. The van der Waals surface area contributed by atoms with Crippen molar-refractivity contribution in [1.29, 1.82) is 0 Å². The number of likely N-dealkylation sites (N-methyl/N-ethyl adjacent to an activating group) is 1. The van der Waals surface area contributed by atoms with Crippen molar-refractivity contribution in [3.63, 3.8) is 0 Å². The molecule has 1 aliphatic carbocycles. The molecule has 0 amide bonds. The zero-order valence-electron chi connectivity index (χ0n) is 16.2. The number of piperidine rings is 1. The first-order valence-corrected chi connectivity index (χ1v) is 11.9. The van der Waals surface area contributed by atoms with Crippen LogP contribution in [0.15, 0.2) is 35.2 Å². The molecule has 1 heterocycles. The van der Waals surface area contributed by atoms with E-state index < -0.39 is 9.84 Å². The van der Waals surface area contributed by atoms with Crippen molar-refractivity contribution in [3.8, 4) is 0 Å². The Balaban J connectivity index is 1.62. The van der Waals surface area contributed by atoms with Crippen molar-refractivity contribution >= 4 is 9.84 Å². The maximum Gasteiger partial charge on any atom is 0.179 e. The Bertz CT molecular complexity index is 648. The second kappa shape index (κ2) is 8.85. The maximum absolute atomic E-state index is 12.6. The summed E-state index contributed by atoms with van der Waals surface area (Å²) >= 11 is 0. The van der Waals surface area contributed by atoms with Gasteiger partial charge in [0.1, 0.15) is 0 Å². The highest BCUT2D eigenvalue weighted by atomic mass is 32.2. The molecule has 0 aromatic heterocycles. The number of likely N-dealkylation sites (tertiary alicyclic amines) is 1. The maximum atomic E-state index is 12.6. The fourth-order valence-electron chi connectivity index (χ4n) is 4.76. The van der Waals surface area contributed by atoms with Gasteiger partial charge in [-0.15, -0.1) is 0 Å². The molecule has 0 N–H and O–H groups in total. The quantitative estimate of drug-likeness (QED) is 0.727. The Morgan fingerprint density at radius 1 is 0.962 bits per heavy atom. The lowest BCUT2D eigenvalue weighted by atomic mass is 9.79. The second-order valence-electron chi connectivity index (χ2n) is 8.20. The van der Waals surface area contributed by atoms with Crippen LogP contribution in [0.25, 0.3) is 0 Å². The van der Waals surface area contributed by atoms with Crippen LogP contribution in [0.4, 0.5) is 0 Å². The van der Waals surface area contributed by atoms with Gasteiger partial charge in [-0.3, -0.25) is 4.90 Å². The summed E-state index contributed by atoms with van der Waals surface area (Å²) < 4.78 is 25.1. The van der Waals surface area contributed by atoms with Crippen LogP contribution >= 0.6 is 0 Å². The smallest absolute Gasteiger partial charge is 0.179 e. The molecule has 1 aromatic carbocycles. The van der Waals surface area contributed by atoms with Gasteiger partial charge in [0.2, 0.25) is 0 Å². The topological polar surface area (TPSA) is 40.6 Å². The molecule has 2 fully saturated rings. The minimum Gasteiger partial charge on any atom is -0.304 e. The first-order valence-electron chi connectivity index (χ1n) is 10.2. The normalized spacial score (nSPS) is 21.8. The van der Waals surface area contributed by atoms with Crippen molar-refractivity contribution in [2.75, 3.05) is 39.0 Å². The zero-order chi connectivity index (χ0) is 18.5. The highest BCUT2D eigenvalue weighted by Crippen LogP contribution is 2.36. The summed E-state index contributed by atoms with van der Waals surface area (Å²) in [5.74, 6) is 0.198. The molecule has 0 spiro atoms. The molecule has 2 aliphatic rings. The molecule has 4 nitrogen and oxygen atoms in total. The molecule has 26 heavy (non-hydrogen) atoms. The molecular weight excluding hydrogens is 344 g/mol. The molecule has 0 unspecified atom stereocenters. The third-order valence-electron chi connectivity index (χ3n) is 6.22. The summed E-state index contributed by atoms with van der Waals surface area (Å²) in [4.78, 5) is 5.44. The predicted molar refractivity (Wildman–Crippen MR) is 107 cm³/mol. The van der Waals surface area contributed by atoms with Gasteiger partial charge < -0.3 is 4.90 Å². The minimum atomic E-state index is -3.20. The molecule has 0 bridgehead atoms. The summed E-state index contributed by atoms with van der Waals surface area (Å²) in [7, 11) is -1.10. The van der Waals surface area contributed by atoms with Gasteiger partial charge in [-0.05, 0) is 58.0 Å². The Morgan fingerprint density at radius 2 is 1.58 bits per heavy atom. The van der Waals surface area contributed by atoms with Crippen molar-refractivity contribution in [3.05, 3.63) is 30.3 Å². The second-order valence-corrected chi connectivity index (χ2v) is 10.3. The predicted octanol–water partition coefficient (Wildman–Crippen LogP) is 3.58. The van der Waals surface area contributed by atoms with E-state index in [2.05, 4.69) is 16.8 Å². The van der Waals surface area contributed by atoms with Crippen LogP contribution in [0.3, 0.4) is 0 Å². The van der Waals surface area contributed by atoms with Gasteiger partial charge in [0.05, 0.1) is 10.6 Å². The Morgan fingerprint density at radius 3 is 2.23 bits per heavy atom. The third-order valence-corrected chi connectivity index (χ3v) is 7.93. The fraction of sp³-hybridized carbons (Fsp3) is 0.714. The van der Waals surface area contributed by atoms with Crippen LogP contribution in [-0.4, -0.2) is 62.7 Å². The average molecular weight is 379 g/mol.